The lowest BCUT2D eigenvalue weighted by Gasteiger charge is -2.06. The Labute approximate surface area is 159 Å². The summed E-state index contributed by atoms with van der Waals surface area (Å²) in [5.41, 5.74) is 1.63. The summed E-state index contributed by atoms with van der Waals surface area (Å²) in [6.07, 6.45) is 0. The third kappa shape index (κ3) is 2.71. The Morgan fingerprint density at radius 2 is 1.75 bits per heavy atom. The van der Waals surface area contributed by atoms with Crippen molar-refractivity contribution in [3.05, 3.63) is 80.8 Å². The van der Waals surface area contributed by atoms with Crippen LogP contribution in [0.5, 0.6) is 5.75 Å². The third-order valence-electron chi connectivity index (χ3n) is 4.56. The van der Waals surface area contributed by atoms with E-state index in [0.717, 1.165) is 4.52 Å². The van der Waals surface area contributed by atoms with Crippen LogP contribution in [0.25, 0.3) is 28.0 Å². The Morgan fingerprint density at radius 1 is 1.07 bits per heavy atom. The Bertz CT molecular complexity index is 1240. The second-order valence-electron chi connectivity index (χ2n) is 6.22. The third-order valence-corrected chi connectivity index (χ3v) is 4.56. The number of aromatic amines is 1. The number of nitro groups is 1. The summed E-state index contributed by atoms with van der Waals surface area (Å²) >= 11 is 0. The van der Waals surface area contributed by atoms with E-state index in [-0.39, 0.29) is 17.0 Å². The lowest BCUT2D eigenvalue weighted by molar-refractivity contribution is -0.382. The van der Waals surface area contributed by atoms with Gasteiger partial charge in [0.15, 0.2) is 0 Å². The molecule has 2 heterocycles. The molecule has 4 aromatic rings. The lowest BCUT2D eigenvalue weighted by Crippen LogP contribution is -2.19. The van der Waals surface area contributed by atoms with Crippen molar-refractivity contribution in [3.63, 3.8) is 0 Å². The zero-order chi connectivity index (χ0) is 19.8. The molecule has 8 heteroatoms. The van der Waals surface area contributed by atoms with Gasteiger partial charge < -0.3 is 4.74 Å². The zero-order valence-corrected chi connectivity index (χ0v) is 15.2. The molecule has 1 N–H and O–H groups in total. The molecule has 0 fully saturated rings. The summed E-state index contributed by atoms with van der Waals surface area (Å²) in [5, 5.41) is 14.6. The monoisotopic (exact) mass is 376 g/mol. The molecule has 28 heavy (non-hydrogen) atoms. The predicted octanol–water partition coefficient (Wildman–Crippen LogP) is 3.58. The SMILES string of the molecule is COc1ccc(-c2c(C)nc3c([N+](=O)[O-])c(-c4ccccc4)[nH]n3c2=O)cc1. The van der Waals surface area contributed by atoms with Gasteiger partial charge in [0.25, 0.3) is 5.56 Å². The van der Waals surface area contributed by atoms with Crippen LogP contribution >= 0.6 is 0 Å². The molecule has 0 saturated heterocycles. The van der Waals surface area contributed by atoms with E-state index in [4.69, 9.17) is 4.74 Å². The predicted molar refractivity (Wildman–Crippen MR) is 105 cm³/mol. The van der Waals surface area contributed by atoms with Crippen LogP contribution in [0.2, 0.25) is 0 Å². The first-order valence-electron chi connectivity index (χ1n) is 8.51. The number of nitrogens with one attached hydrogen (secondary N) is 1. The highest BCUT2D eigenvalue weighted by Gasteiger charge is 2.27. The Balaban J connectivity index is 2.01. The van der Waals surface area contributed by atoms with Crippen LogP contribution in [0.1, 0.15) is 5.69 Å². The second-order valence-corrected chi connectivity index (χ2v) is 6.22. The highest BCUT2D eigenvalue weighted by molar-refractivity contribution is 5.80. The molecule has 140 valence electrons. The summed E-state index contributed by atoms with van der Waals surface area (Å²) in [6.45, 7) is 1.67. The number of ether oxygens (including phenoxy) is 1. The summed E-state index contributed by atoms with van der Waals surface area (Å²) in [5.74, 6) is 0.664. The summed E-state index contributed by atoms with van der Waals surface area (Å²) in [4.78, 5) is 28.8. The van der Waals surface area contributed by atoms with E-state index in [1.807, 2.05) is 6.07 Å². The van der Waals surface area contributed by atoms with Crippen LogP contribution in [0.3, 0.4) is 0 Å². The summed E-state index contributed by atoms with van der Waals surface area (Å²) < 4.78 is 6.28. The van der Waals surface area contributed by atoms with Gasteiger partial charge in [-0.05, 0) is 24.6 Å². The number of hydrogen-bond donors (Lipinski definition) is 1. The van der Waals surface area contributed by atoms with E-state index in [9.17, 15) is 14.9 Å². The lowest BCUT2D eigenvalue weighted by atomic mass is 10.1. The Morgan fingerprint density at radius 3 is 2.36 bits per heavy atom. The van der Waals surface area contributed by atoms with Crippen LogP contribution < -0.4 is 10.3 Å². The van der Waals surface area contributed by atoms with Gasteiger partial charge in [-0.25, -0.2) is 4.98 Å². The van der Waals surface area contributed by atoms with E-state index >= 15 is 0 Å². The number of nitrogens with zero attached hydrogens (tertiary/aromatic N) is 3. The number of fused-ring (bicyclic) bond motifs is 1. The number of hydrogen-bond acceptors (Lipinski definition) is 5. The van der Waals surface area contributed by atoms with Crippen LogP contribution in [-0.4, -0.2) is 26.6 Å². The van der Waals surface area contributed by atoms with Crippen LogP contribution in [0, 0.1) is 17.0 Å². The largest absolute Gasteiger partial charge is 0.497 e. The molecule has 0 saturated carbocycles. The molecular formula is C20H16N4O4. The topological polar surface area (TPSA) is 103 Å². The average molecular weight is 376 g/mol. The molecule has 0 bridgehead atoms. The number of H-pyrrole nitrogens is 1. The van der Waals surface area contributed by atoms with Gasteiger partial charge >= 0.3 is 5.69 Å². The maximum atomic E-state index is 13.2. The van der Waals surface area contributed by atoms with Crippen molar-refractivity contribution in [1.82, 2.24) is 14.6 Å². The molecule has 0 spiro atoms. The Kier molecular flexibility index (Phi) is 4.15. The zero-order valence-electron chi connectivity index (χ0n) is 15.2. The van der Waals surface area contributed by atoms with Crippen molar-refractivity contribution in [3.8, 4) is 28.1 Å². The number of benzene rings is 2. The quantitative estimate of drug-likeness (QED) is 0.433. The van der Waals surface area contributed by atoms with E-state index < -0.39 is 10.5 Å². The first kappa shape index (κ1) is 17.5. The molecule has 0 aliphatic rings. The van der Waals surface area contributed by atoms with Gasteiger partial charge in [-0.3, -0.25) is 20.0 Å². The van der Waals surface area contributed by atoms with Gasteiger partial charge in [0.1, 0.15) is 11.4 Å². The smallest absolute Gasteiger partial charge is 0.339 e. The number of rotatable bonds is 4. The fraction of sp³-hybridized carbons (Fsp3) is 0.100. The molecule has 0 amide bonds. The molecule has 0 aliphatic heterocycles. The average Bonchev–Trinajstić information content (AvgIpc) is 3.09. The van der Waals surface area contributed by atoms with Crippen LogP contribution in [0.4, 0.5) is 5.69 Å². The van der Waals surface area contributed by atoms with E-state index in [1.165, 1.54) is 0 Å². The van der Waals surface area contributed by atoms with Gasteiger partial charge in [0.2, 0.25) is 5.65 Å². The van der Waals surface area contributed by atoms with Gasteiger partial charge in [-0.2, -0.15) is 4.52 Å². The Hall–Kier alpha value is -3.94. The molecule has 0 atom stereocenters. The van der Waals surface area contributed by atoms with Gasteiger partial charge in [-0.1, -0.05) is 42.5 Å². The minimum absolute atomic E-state index is 0.0105. The molecule has 4 rings (SSSR count). The van der Waals surface area contributed by atoms with Crippen molar-refractivity contribution in [2.45, 2.75) is 6.92 Å². The van der Waals surface area contributed by atoms with E-state index in [1.54, 1.807) is 62.6 Å². The maximum absolute atomic E-state index is 13.2. The van der Waals surface area contributed by atoms with Crippen LogP contribution in [-0.2, 0) is 0 Å². The maximum Gasteiger partial charge on any atom is 0.339 e. The molecule has 0 radical (unpaired) electrons. The summed E-state index contributed by atoms with van der Waals surface area (Å²) in [7, 11) is 1.56. The van der Waals surface area contributed by atoms with Crippen molar-refractivity contribution in [2.24, 2.45) is 0 Å². The normalized spacial score (nSPS) is 10.9. The molecule has 0 unspecified atom stereocenters. The number of aryl methyl sites for hydroxylation is 1. The molecule has 2 aromatic carbocycles. The van der Waals surface area contributed by atoms with Crippen molar-refractivity contribution in [1.29, 1.82) is 0 Å². The van der Waals surface area contributed by atoms with Crippen molar-refractivity contribution < 1.29 is 9.66 Å². The minimum Gasteiger partial charge on any atom is -0.497 e. The highest BCUT2D eigenvalue weighted by atomic mass is 16.6. The molecular weight excluding hydrogens is 360 g/mol. The van der Waals surface area contributed by atoms with Gasteiger partial charge in [0, 0.05) is 5.56 Å². The second kappa shape index (κ2) is 6.66. The van der Waals surface area contributed by atoms with Gasteiger partial charge in [0.05, 0.1) is 23.3 Å². The highest BCUT2D eigenvalue weighted by Crippen LogP contribution is 2.32. The van der Waals surface area contributed by atoms with Crippen LogP contribution in [0.15, 0.2) is 59.4 Å². The molecule has 8 nitrogen and oxygen atoms in total. The van der Waals surface area contributed by atoms with E-state index in [2.05, 4.69) is 10.1 Å². The number of methoxy groups -OCH3 is 1. The fourth-order valence-corrected chi connectivity index (χ4v) is 3.24. The van der Waals surface area contributed by atoms with Crippen molar-refractivity contribution in [2.75, 3.05) is 7.11 Å². The summed E-state index contributed by atoms with van der Waals surface area (Å²) in [6, 6.07) is 15.8. The van der Waals surface area contributed by atoms with Gasteiger partial charge in [-0.15, -0.1) is 0 Å². The molecule has 2 aromatic heterocycles. The first-order chi connectivity index (χ1) is 13.5. The minimum atomic E-state index is -0.521. The fourth-order valence-electron chi connectivity index (χ4n) is 3.24. The number of aromatic nitrogens is 3. The van der Waals surface area contributed by atoms with E-state index in [0.29, 0.717) is 28.1 Å². The first-order valence-corrected chi connectivity index (χ1v) is 8.51. The van der Waals surface area contributed by atoms with Crippen molar-refractivity contribution >= 4 is 11.3 Å². The standard InChI is InChI=1S/C20H16N4O4/c1-12-16(13-8-10-15(28-2)11-9-13)20(25)23-19(21-12)18(24(26)27)17(22-23)14-6-4-3-5-7-14/h3-11,22H,1-2H3. The molecule has 0 aliphatic carbocycles.